The van der Waals surface area contributed by atoms with Crippen molar-refractivity contribution >= 4 is 29.2 Å². The molecule has 25 heavy (non-hydrogen) atoms. The molecular formula is C17H20Cl2O6. The van der Waals surface area contributed by atoms with E-state index in [4.69, 9.17) is 46.9 Å². The molecule has 2 heterocycles. The van der Waals surface area contributed by atoms with Crippen molar-refractivity contribution in [1.29, 1.82) is 0 Å². The highest BCUT2D eigenvalue weighted by molar-refractivity contribution is 6.37. The Morgan fingerprint density at radius 2 is 2.00 bits per heavy atom. The van der Waals surface area contributed by atoms with Crippen LogP contribution in [0.5, 0.6) is 5.75 Å². The number of carbonyl (C=O) groups is 1. The maximum absolute atomic E-state index is 12.5. The van der Waals surface area contributed by atoms with Gasteiger partial charge in [0.2, 0.25) is 0 Å². The van der Waals surface area contributed by atoms with Gasteiger partial charge in [-0.05, 0) is 32.4 Å². The topological polar surface area (TPSA) is 63.2 Å². The molecular weight excluding hydrogens is 371 g/mol. The van der Waals surface area contributed by atoms with E-state index in [2.05, 4.69) is 0 Å². The average Bonchev–Trinajstić information content (AvgIpc) is 2.88. The van der Waals surface area contributed by atoms with Gasteiger partial charge in [0.1, 0.15) is 24.4 Å². The van der Waals surface area contributed by atoms with Crippen molar-refractivity contribution in [2.24, 2.45) is 0 Å². The van der Waals surface area contributed by atoms with Crippen molar-refractivity contribution in [3.8, 4) is 5.75 Å². The molecule has 2 saturated heterocycles. The first-order chi connectivity index (χ1) is 11.8. The summed E-state index contributed by atoms with van der Waals surface area (Å²) in [6.07, 6.45) is -0.0228. The van der Waals surface area contributed by atoms with Crippen molar-refractivity contribution < 1.29 is 28.5 Å². The average molecular weight is 391 g/mol. The number of rotatable bonds is 4. The Hall–Kier alpha value is -1.05. The van der Waals surface area contributed by atoms with Gasteiger partial charge >= 0.3 is 5.97 Å². The van der Waals surface area contributed by atoms with Gasteiger partial charge in [-0.15, -0.1) is 0 Å². The summed E-state index contributed by atoms with van der Waals surface area (Å²) in [7, 11) is 1.41. The Morgan fingerprint density at radius 3 is 2.72 bits per heavy atom. The molecule has 138 valence electrons. The third-order valence-corrected chi connectivity index (χ3v) is 4.78. The third kappa shape index (κ3) is 3.88. The predicted octanol–water partition coefficient (Wildman–Crippen LogP) is 3.47. The molecule has 0 spiro atoms. The summed E-state index contributed by atoms with van der Waals surface area (Å²) in [5.41, 5.74) is 0.0907. The second-order valence-corrected chi connectivity index (χ2v) is 7.19. The summed E-state index contributed by atoms with van der Waals surface area (Å²) in [5, 5.41) is 0.484. The zero-order valence-electron chi connectivity index (χ0n) is 14.2. The van der Waals surface area contributed by atoms with Crippen molar-refractivity contribution in [3.63, 3.8) is 0 Å². The molecule has 6 nitrogen and oxygen atoms in total. The Labute approximate surface area is 156 Å². The molecule has 3 unspecified atom stereocenters. The minimum atomic E-state index is -0.676. The second kappa shape index (κ2) is 7.29. The Balaban J connectivity index is 1.70. The smallest absolute Gasteiger partial charge is 0.343 e. The lowest BCUT2D eigenvalue weighted by molar-refractivity contribution is -0.157. The van der Waals surface area contributed by atoms with Gasteiger partial charge in [-0.25, -0.2) is 4.79 Å². The molecule has 8 heteroatoms. The van der Waals surface area contributed by atoms with Crippen LogP contribution in [-0.2, 0) is 18.9 Å². The zero-order chi connectivity index (χ0) is 18.2. The molecule has 0 saturated carbocycles. The third-order valence-electron chi connectivity index (χ3n) is 4.17. The number of carbonyl (C=O) groups excluding carboxylic acids is 1. The van der Waals surface area contributed by atoms with E-state index in [0.717, 1.165) is 6.42 Å². The molecule has 1 aromatic carbocycles. The number of hydrogen-bond acceptors (Lipinski definition) is 6. The van der Waals surface area contributed by atoms with Crippen LogP contribution >= 0.6 is 23.2 Å². The van der Waals surface area contributed by atoms with E-state index < -0.39 is 17.9 Å². The molecule has 0 bridgehead atoms. The molecule has 2 aliphatic heterocycles. The van der Waals surface area contributed by atoms with Gasteiger partial charge in [0.05, 0.1) is 23.3 Å². The highest BCUT2D eigenvalue weighted by atomic mass is 35.5. The second-order valence-electron chi connectivity index (χ2n) is 6.37. The Kier molecular flexibility index (Phi) is 5.46. The summed E-state index contributed by atoms with van der Waals surface area (Å²) >= 11 is 12.2. The lowest BCUT2D eigenvalue weighted by Gasteiger charge is -2.31. The lowest BCUT2D eigenvalue weighted by atomic mass is 10.0. The fraction of sp³-hybridized carbons (Fsp3) is 0.588. The van der Waals surface area contributed by atoms with Crippen LogP contribution in [0, 0.1) is 0 Å². The normalized spacial score (nSPS) is 27.6. The van der Waals surface area contributed by atoms with Crippen LogP contribution in [0.3, 0.4) is 0 Å². The number of hydrogen-bond donors (Lipinski definition) is 0. The standard InChI is InChI=1S/C17H20Cl2O6/c1-17(2)24-11-6-7-22-12(15(11)25-17)8-23-16(20)13-9(18)4-5-10(19)14(13)21-3/h4-5,11-12,15H,6-8H2,1-3H3. The molecule has 2 fully saturated rings. The first-order valence-corrected chi connectivity index (χ1v) is 8.74. The van der Waals surface area contributed by atoms with Gasteiger partial charge in [0.25, 0.3) is 0 Å². The maximum atomic E-state index is 12.5. The molecule has 1 aromatic rings. The number of benzene rings is 1. The fourth-order valence-electron chi connectivity index (χ4n) is 3.13. The number of halogens is 2. The van der Waals surface area contributed by atoms with Gasteiger partial charge in [-0.2, -0.15) is 0 Å². The molecule has 0 radical (unpaired) electrons. The van der Waals surface area contributed by atoms with E-state index in [9.17, 15) is 4.79 Å². The van der Waals surface area contributed by atoms with Crippen LogP contribution in [0.2, 0.25) is 10.0 Å². The molecule has 0 amide bonds. The van der Waals surface area contributed by atoms with E-state index in [1.807, 2.05) is 13.8 Å². The van der Waals surface area contributed by atoms with E-state index >= 15 is 0 Å². The van der Waals surface area contributed by atoms with Crippen molar-refractivity contribution in [2.45, 2.75) is 44.4 Å². The number of ether oxygens (including phenoxy) is 5. The summed E-state index contributed by atoms with van der Waals surface area (Å²) in [6, 6.07) is 3.08. The summed E-state index contributed by atoms with van der Waals surface area (Å²) in [6.45, 7) is 4.24. The van der Waals surface area contributed by atoms with E-state index in [0.29, 0.717) is 6.61 Å². The van der Waals surface area contributed by atoms with Gasteiger partial charge < -0.3 is 23.7 Å². The quantitative estimate of drug-likeness (QED) is 0.733. The largest absolute Gasteiger partial charge is 0.494 e. The Bertz CT molecular complexity index is 663. The summed E-state index contributed by atoms with van der Waals surface area (Å²) < 4.78 is 28.0. The number of fused-ring (bicyclic) bond motifs is 1. The van der Waals surface area contributed by atoms with Crippen molar-refractivity contribution in [2.75, 3.05) is 20.3 Å². The first-order valence-electron chi connectivity index (χ1n) is 7.99. The molecule has 0 aromatic heterocycles. The fourth-order valence-corrected chi connectivity index (χ4v) is 3.59. The summed E-state index contributed by atoms with van der Waals surface area (Å²) in [5.74, 6) is -1.12. The van der Waals surface area contributed by atoms with Gasteiger partial charge in [-0.1, -0.05) is 23.2 Å². The van der Waals surface area contributed by atoms with Crippen LogP contribution in [0.25, 0.3) is 0 Å². The number of esters is 1. The van der Waals surface area contributed by atoms with Crippen molar-refractivity contribution in [3.05, 3.63) is 27.7 Å². The highest BCUT2D eigenvalue weighted by Crippen LogP contribution is 2.36. The summed E-state index contributed by atoms with van der Waals surface area (Å²) in [4.78, 5) is 12.5. The minimum Gasteiger partial charge on any atom is -0.494 e. The monoisotopic (exact) mass is 390 g/mol. The zero-order valence-corrected chi connectivity index (χ0v) is 15.7. The van der Waals surface area contributed by atoms with Crippen LogP contribution in [0.4, 0.5) is 0 Å². The maximum Gasteiger partial charge on any atom is 0.343 e. The van der Waals surface area contributed by atoms with Crippen LogP contribution in [0.15, 0.2) is 12.1 Å². The van der Waals surface area contributed by atoms with Gasteiger partial charge in [-0.3, -0.25) is 0 Å². The minimum absolute atomic E-state index is 0.0193. The van der Waals surface area contributed by atoms with Gasteiger partial charge in [0, 0.05) is 6.61 Å². The van der Waals surface area contributed by atoms with Gasteiger partial charge in [0.15, 0.2) is 11.5 Å². The first kappa shape index (κ1) is 18.7. The highest BCUT2D eigenvalue weighted by Gasteiger charge is 2.48. The van der Waals surface area contributed by atoms with Crippen LogP contribution in [0.1, 0.15) is 30.6 Å². The van der Waals surface area contributed by atoms with Crippen molar-refractivity contribution in [1.82, 2.24) is 0 Å². The van der Waals surface area contributed by atoms with Crippen LogP contribution < -0.4 is 4.74 Å². The number of methoxy groups -OCH3 is 1. The molecule has 0 N–H and O–H groups in total. The molecule has 3 atom stereocenters. The van der Waals surface area contributed by atoms with Crippen LogP contribution in [-0.4, -0.2) is 50.4 Å². The van der Waals surface area contributed by atoms with E-state index in [-0.39, 0.29) is 40.2 Å². The molecule has 0 aliphatic carbocycles. The SMILES string of the molecule is COc1c(Cl)ccc(Cl)c1C(=O)OCC1OCCC2OC(C)(C)OC12. The lowest BCUT2D eigenvalue weighted by Crippen LogP contribution is -2.45. The molecule has 2 aliphatic rings. The van der Waals surface area contributed by atoms with E-state index in [1.54, 1.807) is 6.07 Å². The molecule has 3 rings (SSSR count). The Morgan fingerprint density at radius 1 is 1.28 bits per heavy atom. The van der Waals surface area contributed by atoms with E-state index in [1.165, 1.54) is 13.2 Å². The predicted molar refractivity (Wildman–Crippen MR) is 91.5 cm³/mol.